The van der Waals surface area contributed by atoms with E-state index in [4.69, 9.17) is 4.42 Å². The molecule has 1 saturated heterocycles. The standard InChI is InChI=1S/C21H26N2O2/c24-20(22-21(10-11-21)14-17-6-2-1-3-7-17)18-8-4-12-23(15-18)16-19-9-5-13-25-19/h1-3,5-7,9,13,18H,4,8,10-12,14-16H2,(H,22,24). The fourth-order valence-electron chi connectivity index (χ4n) is 3.88. The second-order valence-corrected chi connectivity index (χ2v) is 7.59. The fraction of sp³-hybridized carbons (Fsp3) is 0.476. The van der Waals surface area contributed by atoms with E-state index in [1.54, 1.807) is 6.26 Å². The second kappa shape index (κ2) is 7.04. The molecule has 132 valence electrons. The number of furan rings is 1. The number of nitrogens with zero attached hydrogens (tertiary/aromatic N) is 1. The molecule has 1 aliphatic heterocycles. The van der Waals surface area contributed by atoms with Crippen molar-refractivity contribution < 1.29 is 9.21 Å². The summed E-state index contributed by atoms with van der Waals surface area (Å²) < 4.78 is 5.45. The van der Waals surface area contributed by atoms with Gasteiger partial charge in [-0.05, 0) is 56.3 Å². The number of carbonyl (C=O) groups excluding carboxylic acids is 1. The summed E-state index contributed by atoms with van der Waals surface area (Å²) in [7, 11) is 0. The van der Waals surface area contributed by atoms with Crippen LogP contribution >= 0.6 is 0 Å². The first-order valence-corrected chi connectivity index (χ1v) is 9.33. The van der Waals surface area contributed by atoms with Gasteiger partial charge in [-0.3, -0.25) is 9.69 Å². The van der Waals surface area contributed by atoms with Gasteiger partial charge in [-0.1, -0.05) is 30.3 Å². The number of hydrogen-bond acceptors (Lipinski definition) is 3. The molecule has 0 bridgehead atoms. The second-order valence-electron chi connectivity index (χ2n) is 7.59. The van der Waals surface area contributed by atoms with Crippen LogP contribution in [0, 0.1) is 5.92 Å². The van der Waals surface area contributed by atoms with E-state index in [1.165, 1.54) is 5.56 Å². The van der Waals surface area contributed by atoms with Gasteiger partial charge in [-0.2, -0.15) is 0 Å². The van der Waals surface area contributed by atoms with Gasteiger partial charge in [0.1, 0.15) is 5.76 Å². The number of benzene rings is 1. The van der Waals surface area contributed by atoms with E-state index in [1.807, 2.05) is 18.2 Å². The van der Waals surface area contributed by atoms with Gasteiger partial charge in [0.25, 0.3) is 0 Å². The van der Waals surface area contributed by atoms with Gasteiger partial charge in [-0.15, -0.1) is 0 Å². The Morgan fingerprint density at radius 1 is 1.20 bits per heavy atom. The third-order valence-electron chi connectivity index (χ3n) is 5.46. The van der Waals surface area contributed by atoms with Crippen LogP contribution in [0.3, 0.4) is 0 Å². The summed E-state index contributed by atoms with van der Waals surface area (Å²) in [6.45, 7) is 2.67. The van der Waals surface area contributed by atoms with Crippen LogP contribution in [-0.4, -0.2) is 29.4 Å². The molecule has 1 atom stereocenters. The van der Waals surface area contributed by atoms with Crippen LogP contribution in [-0.2, 0) is 17.8 Å². The number of likely N-dealkylation sites (tertiary alicyclic amines) is 1. The lowest BCUT2D eigenvalue weighted by atomic mass is 9.95. The van der Waals surface area contributed by atoms with Gasteiger partial charge >= 0.3 is 0 Å². The molecule has 4 heteroatoms. The van der Waals surface area contributed by atoms with Crippen LogP contribution in [0.4, 0.5) is 0 Å². The molecule has 1 amide bonds. The van der Waals surface area contributed by atoms with Crippen molar-refractivity contribution >= 4 is 5.91 Å². The summed E-state index contributed by atoms with van der Waals surface area (Å²) in [6, 6.07) is 14.4. The lowest BCUT2D eigenvalue weighted by Crippen LogP contribution is -2.47. The van der Waals surface area contributed by atoms with Crippen molar-refractivity contribution in [2.45, 2.75) is 44.2 Å². The lowest BCUT2D eigenvalue weighted by molar-refractivity contribution is -0.127. The summed E-state index contributed by atoms with van der Waals surface area (Å²) in [5, 5.41) is 3.38. The molecule has 2 aromatic rings. The SMILES string of the molecule is O=C(NC1(Cc2ccccc2)CC1)C1CCCN(Cc2ccco2)C1. The smallest absolute Gasteiger partial charge is 0.224 e. The molecule has 2 fully saturated rings. The van der Waals surface area contributed by atoms with E-state index in [2.05, 4.69) is 34.5 Å². The van der Waals surface area contributed by atoms with E-state index in [0.717, 1.165) is 57.5 Å². The minimum absolute atomic E-state index is 0.00171. The predicted octanol–water partition coefficient (Wildman–Crippen LogP) is 3.38. The van der Waals surface area contributed by atoms with Crippen LogP contribution in [0.15, 0.2) is 53.1 Å². The van der Waals surface area contributed by atoms with Crippen LogP contribution in [0.25, 0.3) is 0 Å². The van der Waals surface area contributed by atoms with E-state index < -0.39 is 0 Å². The Kier molecular flexibility index (Phi) is 4.62. The molecular formula is C21H26N2O2. The minimum atomic E-state index is 0.00171. The molecular weight excluding hydrogens is 312 g/mol. The summed E-state index contributed by atoms with van der Waals surface area (Å²) in [4.78, 5) is 15.2. The third-order valence-corrected chi connectivity index (χ3v) is 5.46. The number of carbonyl (C=O) groups is 1. The monoisotopic (exact) mass is 338 g/mol. The maximum atomic E-state index is 12.8. The summed E-state index contributed by atoms with van der Waals surface area (Å²) in [5.41, 5.74) is 1.31. The molecule has 0 spiro atoms. The number of piperidine rings is 1. The van der Waals surface area contributed by atoms with E-state index in [9.17, 15) is 4.79 Å². The maximum Gasteiger partial charge on any atom is 0.224 e. The first kappa shape index (κ1) is 16.4. The van der Waals surface area contributed by atoms with Gasteiger partial charge < -0.3 is 9.73 Å². The number of nitrogens with one attached hydrogen (secondary N) is 1. The Bertz CT molecular complexity index is 692. The molecule has 1 aromatic carbocycles. The zero-order valence-corrected chi connectivity index (χ0v) is 14.6. The zero-order chi connectivity index (χ0) is 17.1. The number of amides is 1. The van der Waals surface area contributed by atoms with Crippen LogP contribution in [0.5, 0.6) is 0 Å². The van der Waals surface area contributed by atoms with Crippen LogP contribution in [0.2, 0.25) is 0 Å². The zero-order valence-electron chi connectivity index (χ0n) is 14.6. The highest BCUT2D eigenvalue weighted by Crippen LogP contribution is 2.39. The number of hydrogen-bond donors (Lipinski definition) is 1. The maximum absolute atomic E-state index is 12.8. The Morgan fingerprint density at radius 3 is 2.76 bits per heavy atom. The summed E-state index contributed by atoms with van der Waals surface area (Å²) >= 11 is 0. The molecule has 1 unspecified atom stereocenters. The van der Waals surface area contributed by atoms with E-state index in [0.29, 0.717) is 0 Å². The molecule has 0 radical (unpaired) electrons. The first-order valence-electron chi connectivity index (χ1n) is 9.33. The topological polar surface area (TPSA) is 45.5 Å². The highest BCUT2D eigenvalue weighted by atomic mass is 16.3. The van der Waals surface area contributed by atoms with Crippen molar-refractivity contribution in [3.05, 3.63) is 60.1 Å². The van der Waals surface area contributed by atoms with Crippen LogP contribution in [0.1, 0.15) is 37.0 Å². The fourth-order valence-corrected chi connectivity index (χ4v) is 3.88. The molecule has 1 aromatic heterocycles. The van der Waals surface area contributed by atoms with Crippen molar-refractivity contribution in [1.82, 2.24) is 10.2 Å². The van der Waals surface area contributed by atoms with Crippen LogP contribution < -0.4 is 5.32 Å². The average molecular weight is 338 g/mol. The molecule has 2 aliphatic rings. The Labute approximate surface area is 149 Å². The van der Waals surface area contributed by atoms with Gasteiger partial charge in [0.2, 0.25) is 5.91 Å². The summed E-state index contributed by atoms with van der Waals surface area (Å²) in [6.07, 6.45) is 6.91. The van der Waals surface area contributed by atoms with Gasteiger partial charge in [0, 0.05) is 12.1 Å². The highest BCUT2D eigenvalue weighted by Gasteiger charge is 2.45. The molecule has 1 aliphatic carbocycles. The van der Waals surface area contributed by atoms with E-state index in [-0.39, 0.29) is 17.4 Å². The van der Waals surface area contributed by atoms with Crippen molar-refractivity contribution in [2.75, 3.05) is 13.1 Å². The van der Waals surface area contributed by atoms with Crippen molar-refractivity contribution in [1.29, 1.82) is 0 Å². The Morgan fingerprint density at radius 2 is 2.04 bits per heavy atom. The Balaban J connectivity index is 1.33. The quantitative estimate of drug-likeness (QED) is 0.878. The van der Waals surface area contributed by atoms with Gasteiger partial charge in [-0.25, -0.2) is 0 Å². The van der Waals surface area contributed by atoms with Crippen molar-refractivity contribution in [3.8, 4) is 0 Å². The molecule has 1 saturated carbocycles. The number of rotatable bonds is 6. The van der Waals surface area contributed by atoms with Gasteiger partial charge in [0.15, 0.2) is 0 Å². The van der Waals surface area contributed by atoms with Crippen molar-refractivity contribution in [2.24, 2.45) is 5.92 Å². The predicted molar refractivity (Wildman–Crippen MR) is 97.0 cm³/mol. The molecule has 25 heavy (non-hydrogen) atoms. The van der Waals surface area contributed by atoms with Crippen molar-refractivity contribution in [3.63, 3.8) is 0 Å². The normalized spacial score (nSPS) is 22.5. The molecule has 2 heterocycles. The lowest BCUT2D eigenvalue weighted by Gasteiger charge is -2.32. The average Bonchev–Trinajstić information content (AvgIpc) is 3.17. The first-order chi connectivity index (χ1) is 12.2. The van der Waals surface area contributed by atoms with E-state index >= 15 is 0 Å². The molecule has 1 N–H and O–H groups in total. The Hall–Kier alpha value is -2.07. The molecule has 4 nitrogen and oxygen atoms in total. The highest BCUT2D eigenvalue weighted by molar-refractivity contribution is 5.80. The third kappa shape index (κ3) is 4.13. The largest absolute Gasteiger partial charge is 0.468 e. The molecule has 4 rings (SSSR count). The minimum Gasteiger partial charge on any atom is -0.468 e. The van der Waals surface area contributed by atoms with Gasteiger partial charge in [0.05, 0.1) is 18.7 Å². The summed E-state index contributed by atoms with van der Waals surface area (Å²) in [5.74, 6) is 1.30.